The molecule has 11 heteroatoms. The summed E-state index contributed by atoms with van der Waals surface area (Å²) in [7, 11) is 0. The molecule has 1 saturated heterocycles. The standard InChI is InChI=1S/C18H18BrF5N4O/c1-11-15(19)17(18(22,23)24)25-28(11)10-14(29)27-7-5-26(6-8-27)9-12-3-2-4-13(20)16(12)21/h2-4H,5-10H2,1H3. The average molecular weight is 481 g/mol. The molecule has 0 atom stereocenters. The monoisotopic (exact) mass is 480 g/mol. The first-order valence-electron chi connectivity index (χ1n) is 8.81. The zero-order valence-corrected chi connectivity index (χ0v) is 17.0. The van der Waals surface area contributed by atoms with Gasteiger partial charge in [0, 0.05) is 38.3 Å². The zero-order chi connectivity index (χ0) is 21.3. The molecule has 1 amide bonds. The van der Waals surface area contributed by atoms with Crippen molar-refractivity contribution in [3.05, 3.63) is 51.3 Å². The molecule has 0 bridgehead atoms. The van der Waals surface area contributed by atoms with E-state index in [1.807, 2.05) is 4.90 Å². The maximum Gasteiger partial charge on any atom is 0.436 e. The quantitative estimate of drug-likeness (QED) is 0.628. The molecule has 0 radical (unpaired) electrons. The van der Waals surface area contributed by atoms with Crippen molar-refractivity contribution in [3.63, 3.8) is 0 Å². The molecule has 0 spiro atoms. The first kappa shape index (κ1) is 21.7. The number of alkyl halides is 3. The summed E-state index contributed by atoms with van der Waals surface area (Å²) in [5, 5.41) is 3.51. The van der Waals surface area contributed by atoms with Gasteiger partial charge in [-0.25, -0.2) is 8.78 Å². The number of benzene rings is 1. The minimum atomic E-state index is -4.62. The third kappa shape index (κ3) is 4.77. The lowest BCUT2D eigenvalue weighted by Gasteiger charge is -2.34. The molecule has 1 aliphatic rings. The number of hydrogen-bond acceptors (Lipinski definition) is 3. The Balaban J connectivity index is 1.59. The molecule has 1 aliphatic heterocycles. The Morgan fingerprint density at radius 3 is 2.41 bits per heavy atom. The van der Waals surface area contributed by atoms with E-state index >= 15 is 0 Å². The van der Waals surface area contributed by atoms with Gasteiger partial charge in [-0.05, 0) is 28.9 Å². The normalized spacial score (nSPS) is 15.8. The number of carbonyl (C=O) groups excluding carboxylic acids is 1. The summed E-state index contributed by atoms with van der Waals surface area (Å²) in [5.41, 5.74) is -0.614. The summed E-state index contributed by atoms with van der Waals surface area (Å²) in [5.74, 6) is -2.14. The number of hydrogen-bond donors (Lipinski definition) is 0. The van der Waals surface area contributed by atoms with E-state index < -0.39 is 23.5 Å². The second-order valence-corrected chi connectivity index (χ2v) is 7.57. The predicted octanol–water partition coefficient (Wildman–Crippen LogP) is 3.60. The van der Waals surface area contributed by atoms with Crippen molar-refractivity contribution in [3.8, 4) is 0 Å². The lowest BCUT2D eigenvalue weighted by molar-refractivity contribution is -0.142. The van der Waals surface area contributed by atoms with Gasteiger partial charge in [-0.1, -0.05) is 12.1 Å². The van der Waals surface area contributed by atoms with E-state index in [1.165, 1.54) is 24.0 Å². The van der Waals surface area contributed by atoms with E-state index in [-0.39, 0.29) is 34.7 Å². The van der Waals surface area contributed by atoms with Gasteiger partial charge in [0.2, 0.25) is 5.91 Å². The highest BCUT2D eigenvalue weighted by Crippen LogP contribution is 2.35. The van der Waals surface area contributed by atoms with Gasteiger partial charge in [0.15, 0.2) is 17.3 Å². The molecule has 1 aromatic heterocycles. The van der Waals surface area contributed by atoms with Crippen molar-refractivity contribution in [1.29, 1.82) is 0 Å². The van der Waals surface area contributed by atoms with Gasteiger partial charge < -0.3 is 4.90 Å². The average Bonchev–Trinajstić information content (AvgIpc) is 2.94. The van der Waals surface area contributed by atoms with Crippen LogP contribution in [-0.2, 0) is 24.1 Å². The lowest BCUT2D eigenvalue weighted by atomic mass is 10.1. The van der Waals surface area contributed by atoms with Crippen LogP contribution < -0.4 is 0 Å². The van der Waals surface area contributed by atoms with Crippen molar-refractivity contribution < 1.29 is 26.7 Å². The first-order chi connectivity index (χ1) is 13.6. The fourth-order valence-corrected chi connectivity index (χ4v) is 3.66. The SMILES string of the molecule is Cc1c(Br)c(C(F)(F)F)nn1CC(=O)N1CCN(Cc2cccc(F)c2F)CC1. The molecule has 0 saturated carbocycles. The Hall–Kier alpha value is -2.01. The van der Waals surface area contributed by atoms with Crippen LogP contribution in [0.25, 0.3) is 0 Å². The molecule has 2 heterocycles. The number of amides is 1. The number of rotatable bonds is 4. The largest absolute Gasteiger partial charge is 0.436 e. The van der Waals surface area contributed by atoms with Crippen LogP contribution in [0.2, 0.25) is 0 Å². The van der Waals surface area contributed by atoms with E-state index in [2.05, 4.69) is 21.0 Å². The summed E-state index contributed by atoms with van der Waals surface area (Å²) in [4.78, 5) is 15.9. The second kappa shape index (κ2) is 8.39. The summed E-state index contributed by atoms with van der Waals surface area (Å²) in [6.07, 6.45) is -4.62. The molecule has 0 N–H and O–H groups in total. The number of carbonyl (C=O) groups is 1. The molecule has 3 rings (SSSR count). The van der Waals surface area contributed by atoms with Crippen LogP contribution >= 0.6 is 15.9 Å². The number of nitrogens with zero attached hydrogens (tertiary/aromatic N) is 4. The number of aromatic nitrogens is 2. The molecular weight excluding hydrogens is 463 g/mol. The van der Waals surface area contributed by atoms with Gasteiger partial charge in [-0.2, -0.15) is 18.3 Å². The van der Waals surface area contributed by atoms with Gasteiger partial charge in [0.1, 0.15) is 6.54 Å². The van der Waals surface area contributed by atoms with E-state index in [0.717, 1.165) is 10.7 Å². The van der Waals surface area contributed by atoms with Crippen molar-refractivity contribution in [2.24, 2.45) is 0 Å². The topological polar surface area (TPSA) is 41.4 Å². The summed E-state index contributed by atoms with van der Waals surface area (Å²) < 4.78 is 66.8. The Labute approximate surface area is 172 Å². The fraction of sp³-hybridized carbons (Fsp3) is 0.444. The molecular formula is C18H18BrF5N4O. The Morgan fingerprint density at radius 1 is 1.17 bits per heavy atom. The summed E-state index contributed by atoms with van der Waals surface area (Å²) >= 11 is 2.88. The molecule has 0 unspecified atom stereocenters. The van der Waals surface area contributed by atoms with Crippen molar-refractivity contribution in [1.82, 2.24) is 19.6 Å². The third-order valence-electron chi connectivity index (χ3n) is 4.84. The molecule has 158 valence electrons. The van der Waals surface area contributed by atoms with Gasteiger partial charge in [-0.15, -0.1) is 0 Å². The molecule has 5 nitrogen and oxygen atoms in total. The van der Waals surface area contributed by atoms with E-state index in [0.29, 0.717) is 26.2 Å². The Morgan fingerprint density at radius 2 is 1.83 bits per heavy atom. The molecule has 1 aromatic carbocycles. The smallest absolute Gasteiger partial charge is 0.339 e. The highest BCUT2D eigenvalue weighted by Gasteiger charge is 2.38. The first-order valence-corrected chi connectivity index (χ1v) is 9.60. The van der Waals surface area contributed by atoms with Gasteiger partial charge >= 0.3 is 6.18 Å². The third-order valence-corrected chi connectivity index (χ3v) is 5.79. The highest BCUT2D eigenvalue weighted by molar-refractivity contribution is 9.10. The molecule has 0 aliphatic carbocycles. The van der Waals surface area contributed by atoms with E-state index in [4.69, 9.17) is 0 Å². The summed E-state index contributed by atoms with van der Waals surface area (Å²) in [6.45, 7) is 2.91. The summed E-state index contributed by atoms with van der Waals surface area (Å²) in [6, 6.07) is 4.00. The van der Waals surface area contributed by atoms with Crippen LogP contribution in [0.15, 0.2) is 22.7 Å². The molecule has 2 aromatic rings. The van der Waals surface area contributed by atoms with Gasteiger partial charge in [0.05, 0.1) is 10.2 Å². The van der Waals surface area contributed by atoms with Crippen molar-refractivity contribution >= 4 is 21.8 Å². The highest BCUT2D eigenvalue weighted by atomic mass is 79.9. The van der Waals surface area contributed by atoms with E-state index in [1.54, 1.807) is 0 Å². The fourth-order valence-electron chi connectivity index (χ4n) is 3.15. The number of piperazine rings is 1. The second-order valence-electron chi connectivity index (χ2n) is 6.77. The molecule has 1 fully saturated rings. The Kier molecular flexibility index (Phi) is 6.27. The van der Waals surface area contributed by atoms with Gasteiger partial charge in [-0.3, -0.25) is 14.4 Å². The van der Waals surface area contributed by atoms with Crippen LogP contribution in [0.1, 0.15) is 17.0 Å². The zero-order valence-electron chi connectivity index (χ0n) is 15.4. The van der Waals surface area contributed by atoms with Crippen molar-refractivity contribution in [2.75, 3.05) is 26.2 Å². The lowest BCUT2D eigenvalue weighted by Crippen LogP contribution is -2.49. The van der Waals surface area contributed by atoms with Crippen LogP contribution in [0.5, 0.6) is 0 Å². The predicted molar refractivity (Wildman–Crippen MR) is 97.9 cm³/mol. The molecule has 29 heavy (non-hydrogen) atoms. The van der Waals surface area contributed by atoms with Gasteiger partial charge in [0.25, 0.3) is 0 Å². The van der Waals surface area contributed by atoms with Crippen LogP contribution in [-0.4, -0.2) is 51.7 Å². The maximum absolute atomic E-state index is 13.8. The van der Waals surface area contributed by atoms with Crippen LogP contribution in [0.3, 0.4) is 0 Å². The van der Waals surface area contributed by atoms with Crippen LogP contribution in [0, 0.1) is 18.6 Å². The maximum atomic E-state index is 13.8. The Bertz CT molecular complexity index is 906. The van der Waals surface area contributed by atoms with E-state index in [9.17, 15) is 26.7 Å². The van der Waals surface area contributed by atoms with Crippen molar-refractivity contribution in [2.45, 2.75) is 26.2 Å². The number of halogens is 6. The minimum absolute atomic E-state index is 0.181. The minimum Gasteiger partial charge on any atom is -0.339 e. The van der Waals surface area contributed by atoms with Crippen LogP contribution in [0.4, 0.5) is 22.0 Å².